The zero-order valence-corrected chi connectivity index (χ0v) is 10.0. The van der Waals surface area contributed by atoms with E-state index in [4.69, 9.17) is 4.74 Å². The highest BCUT2D eigenvalue weighted by atomic mass is 16.5. The summed E-state index contributed by atoms with van der Waals surface area (Å²) >= 11 is 0. The molecule has 3 nitrogen and oxygen atoms in total. The van der Waals surface area contributed by atoms with Crippen LogP contribution >= 0.6 is 0 Å². The molecule has 3 heteroatoms. The molecule has 86 valence electrons. The van der Waals surface area contributed by atoms with E-state index < -0.39 is 5.41 Å². The average Bonchev–Trinajstić information content (AvgIpc) is 2.16. The molecular formula is C12H20O3. The largest absolute Gasteiger partial charge is 0.461 e. The van der Waals surface area contributed by atoms with Gasteiger partial charge in [-0.25, -0.2) is 0 Å². The highest BCUT2D eigenvalue weighted by molar-refractivity contribution is 6.06. The van der Waals surface area contributed by atoms with Gasteiger partial charge < -0.3 is 4.74 Å². The van der Waals surface area contributed by atoms with Crippen LogP contribution in [0.15, 0.2) is 0 Å². The molecule has 0 aliphatic carbocycles. The van der Waals surface area contributed by atoms with Crippen molar-refractivity contribution in [1.29, 1.82) is 0 Å². The van der Waals surface area contributed by atoms with Crippen molar-refractivity contribution in [1.82, 2.24) is 0 Å². The first-order chi connectivity index (χ1) is 6.95. The molecule has 0 saturated carbocycles. The number of carbonyl (C=O) groups is 2. The number of hydrogen-bond acceptors (Lipinski definition) is 3. The summed E-state index contributed by atoms with van der Waals surface area (Å²) in [6.07, 6.45) is 2.27. The fourth-order valence-electron chi connectivity index (χ4n) is 2.09. The lowest BCUT2D eigenvalue weighted by Crippen LogP contribution is -2.50. The average molecular weight is 212 g/mol. The van der Waals surface area contributed by atoms with Crippen LogP contribution < -0.4 is 0 Å². The van der Waals surface area contributed by atoms with Gasteiger partial charge in [-0.1, -0.05) is 20.3 Å². The summed E-state index contributed by atoms with van der Waals surface area (Å²) < 4.78 is 5.36. The Kier molecular flexibility index (Phi) is 3.53. The third-order valence-corrected chi connectivity index (χ3v) is 3.18. The van der Waals surface area contributed by atoms with Gasteiger partial charge in [0.25, 0.3) is 0 Å². The molecule has 1 aliphatic heterocycles. The molecule has 0 radical (unpaired) electrons. The second-order valence-electron chi connectivity index (χ2n) is 4.74. The molecule has 1 aliphatic rings. The zero-order chi connectivity index (χ0) is 11.6. The third-order valence-electron chi connectivity index (χ3n) is 3.18. The maximum absolute atomic E-state index is 12.1. The predicted molar refractivity (Wildman–Crippen MR) is 57.4 cm³/mol. The van der Waals surface area contributed by atoms with Crippen LogP contribution in [0.25, 0.3) is 0 Å². The Morgan fingerprint density at radius 3 is 2.33 bits per heavy atom. The van der Waals surface area contributed by atoms with E-state index >= 15 is 0 Å². The molecule has 0 aromatic carbocycles. The number of hydrogen-bond donors (Lipinski definition) is 0. The molecule has 0 aromatic heterocycles. The highest BCUT2D eigenvalue weighted by Gasteiger charge is 2.49. The first-order valence-electron chi connectivity index (χ1n) is 5.70. The topological polar surface area (TPSA) is 43.4 Å². The third kappa shape index (κ3) is 2.06. The number of Topliss-reactive ketones (excluding diaryl/α,β-unsaturated/α-hetero) is 1. The fourth-order valence-corrected chi connectivity index (χ4v) is 2.09. The smallest absolute Gasteiger partial charge is 0.319 e. The maximum Gasteiger partial charge on any atom is 0.319 e. The number of ether oxygens (including phenoxy) is 1. The van der Waals surface area contributed by atoms with E-state index in [2.05, 4.69) is 0 Å². The molecule has 2 atom stereocenters. The summed E-state index contributed by atoms with van der Waals surface area (Å²) in [4.78, 5) is 23.7. The van der Waals surface area contributed by atoms with Gasteiger partial charge in [0.05, 0.1) is 5.92 Å². The summed E-state index contributed by atoms with van der Waals surface area (Å²) in [6.45, 7) is 7.32. The summed E-state index contributed by atoms with van der Waals surface area (Å²) in [6, 6.07) is 0. The SMILES string of the molecule is CCC[C@@H]1OC(=O)C(C)(C)C(=O)[C@H]1CC. The van der Waals surface area contributed by atoms with Gasteiger partial charge in [-0.2, -0.15) is 0 Å². The molecule has 0 amide bonds. The van der Waals surface area contributed by atoms with Crippen LogP contribution in [0, 0.1) is 11.3 Å². The molecule has 1 saturated heterocycles. The van der Waals surface area contributed by atoms with Crippen molar-refractivity contribution in [3.8, 4) is 0 Å². The van der Waals surface area contributed by atoms with E-state index in [-0.39, 0.29) is 23.8 Å². The molecule has 1 rings (SSSR count). The summed E-state index contributed by atoms with van der Waals surface area (Å²) in [5, 5.41) is 0. The van der Waals surface area contributed by atoms with Crippen molar-refractivity contribution in [2.75, 3.05) is 0 Å². The minimum absolute atomic E-state index is 0.0414. The van der Waals surface area contributed by atoms with Crippen LogP contribution in [-0.2, 0) is 14.3 Å². The van der Waals surface area contributed by atoms with Crippen molar-refractivity contribution in [2.45, 2.75) is 53.1 Å². The Hall–Kier alpha value is -0.860. The van der Waals surface area contributed by atoms with E-state index in [1.807, 2.05) is 13.8 Å². The summed E-state index contributed by atoms with van der Waals surface area (Å²) in [7, 11) is 0. The lowest BCUT2D eigenvalue weighted by atomic mass is 9.75. The Morgan fingerprint density at radius 2 is 1.87 bits per heavy atom. The summed E-state index contributed by atoms with van der Waals surface area (Å²) in [5.41, 5.74) is -0.953. The quantitative estimate of drug-likeness (QED) is 0.532. The Labute approximate surface area is 91.2 Å². The normalized spacial score (nSPS) is 30.1. The Balaban J connectivity index is 2.90. The van der Waals surface area contributed by atoms with Crippen molar-refractivity contribution < 1.29 is 14.3 Å². The van der Waals surface area contributed by atoms with Crippen molar-refractivity contribution in [2.24, 2.45) is 11.3 Å². The number of esters is 1. The number of cyclic esters (lactones) is 1. The molecule has 0 bridgehead atoms. The highest BCUT2D eigenvalue weighted by Crippen LogP contribution is 2.35. The van der Waals surface area contributed by atoms with Crippen molar-refractivity contribution >= 4 is 11.8 Å². The Morgan fingerprint density at radius 1 is 1.27 bits per heavy atom. The van der Waals surface area contributed by atoms with Gasteiger partial charge in [-0.05, 0) is 26.7 Å². The van der Waals surface area contributed by atoms with Gasteiger partial charge in [-0.3, -0.25) is 9.59 Å². The molecule has 1 heterocycles. The molecule has 1 fully saturated rings. The minimum atomic E-state index is -0.953. The molecule has 0 aromatic rings. The summed E-state index contributed by atoms with van der Waals surface area (Å²) in [5.74, 6) is -0.437. The lowest BCUT2D eigenvalue weighted by molar-refractivity contribution is -0.178. The van der Waals surface area contributed by atoms with Crippen LogP contribution in [0.4, 0.5) is 0 Å². The van der Waals surface area contributed by atoms with Crippen LogP contribution in [0.1, 0.15) is 47.0 Å². The number of ketones is 1. The monoisotopic (exact) mass is 212 g/mol. The second kappa shape index (κ2) is 4.33. The van der Waals surface area contributed by atoms with E-state index in [0.29, 0.717) is 0 Å². The van der Waals surface area contributed by atoms with Crippen LogP contribution in [0.5, 0.6) is 0 Å². The minimum Gasteiger partial charge on any atom is -0.461 e. The molecular weight excluding hydrogens is 192 g/mol. The van der Waals surface area contributed by atoms with Crippen LogP contribution in [0.3, 0.4) is 0 Å². The number of rotatable bonds is 3. The maximum atomic E-state index is 12.1. The van der Waals surface area contributed by atoms with Gasteiger partial charge in [-0.15, -0.1) is 0 Å². The second-order valence-corrected chi connectivity index (χ2v) is 4.74. The van der Waals surface area contributed by atoms with E-state index in [1.165, 1.54) is 0 Å². The van der Waals surface area contributed by atoms with Crippen LogP contribution in [-0.4, -0.2) is 17.9 Å². The first kappa shape index (κ1) is 12.2. The van der Waals surface area contributed by atoms with Gasteiger partial charge in [0, 0.05) is 0 Å². The molecule has 0 unspecified atom stereocenters. The van der Waals surface area contributed by atoms with Gasteiger partial charge in [0.1, 0.15) is 11.5 Å². The van der Waals surface area contributed by atoms with Crippen molar-refractivity contribution in [3.05, 3.63) is 0 Å². The Bertz CT molecular complexity index is 268. The number of carbonyl (C=O) groups excluding carboxylic acids is 2. The molecule has 0 N–H and O–H groups in total. The van der Waals surface area contributed by atoms with Crippen molar-refractivity contribution in [3.63, 3.8) is 0 Å². The van der Waals surface area contributed by atoms with E-state index in [0.717, 1.165) is 19.3 Å². The molecule has 0 spiro atoms. The predicted octanol–water partition coefficient (Wildman–Crippen LogP) is 2.33. The fraction of sp³-hybridized carbons (Fsp3) is 0.833. The zero-order valence-electron chi connectivity index (χ0n) is 10.0. The van der Waals surface area contributed by atoms with Gasteiger partial charge >= 0.3 is 5.97 Å². The van der Waals surface area contributed by atoms with E-state index in [1.54, 1.807) is 13.8 Å². The standard InChI is InChI=1S/C12H20O3/c1-5-7-9-8(6-2)10(13)12(3,4)11(14)15-9/h8-9H,5-7H2,1-4H3/t8-,9-/m0/s1. The molecule has 15 heavy (non-hydrogen) atoms. The van der Waals surface area contributed by atoms with E-state index in [9.17, 15) is 9.59 Å². The van der Waals surface area contributed by atoms with Gasteiger partial charge in [0.2, 0.25) is 0 Å². The lowest BCUT2D eigenvalue weighted by Gasteiger charge is -2.37. The van der Waals surface area contributed by atoms with Crippen LogP contribution in [0.2, 0.25) is 0 Å². The van der Waals surface area contributed by atoms with Gasteiger partial charge in [0.15, 0.2) is 5.78 Å². The first-order valence-corrected chi connectivity index (χ1v) is 5.70.